The molecule has 0 aliphatic heterocycles. The van der Waals surface area contributed by atoms with E-state index >= 15 is 0 Å². The molecule has 0 aliphatic rings. The van der Waals surface area contributed by atoms with Gasteiger partial charge in [-0.1, -0.05) is 35.9 Å². The van der Waals surface area contributed by atoms with Gasteiger partial charge in [0.25, 0.3) is 0 Å². The molecule has 0 aromatic heterocycles. The fraction of sp³-hybridized carbons (Fsp3) is 0.143. The van der Waals surface area contributed by atoms with Crippen molar-refractivity contribution < 1.29 is 12.8 Å². The van der Waals surface area contributed by atoms with Crippen molar-refractivity contribution in [2.45, 2.75) is 12.3 Å². The minimum atomic E-state index is -3.71. The molecule has 0 unspecified atom stereocenters. The van der Waals surface area contributed by atoms with Gasteiger partial charge in [0.2, 0.25) is 10.0 Å². The highest BCUT2D eigenvalue weighted by Crippen LogP contribution is 2.21. The lowest BCUT2D eigenvalue weighted by Crippen LogP contribution is -2.16. The summed E-state index contributed by atoms with van der Waals surface area (Å²) >= 11 is 5.62. The molecule has 0 bridgehead atoms. The maximum Gasteiger partial charge on any atom is 0.237 e. The number of sulfonamides is 1. The summed E-state index contributed by atoms with van der Waals surface area (Å²) in [5.41, 5.74) is 6.85. The summed E-state index contributed by atoms with van der Waals surface area (Å²) in [4.78, 5) is 0. The van der Waals surface area contributed by atoms with E-state index in [-0.39, 0.29) is 16.5 Å². The van der Waals surface area contributed by atoms with Crippen LogP contribution in [0.3, 0.4) is 0 Å². The highest BCUT2D eigenvalue weighted by atomic mass is 35.5. The Labute approximate surface area is 127 Å². The maximum atomic E-state index is 13.6. The number of hydrogen-bond acceptors (Lipinski definition) is 3. The van der Waals surface area contributed by atoms with Gasteiger partial charge in [0, 0.05) is 11.6 Å². The van der Waals surface area contributed by atoms with Crippen LogP contribution in [0.15, 0.2) is 42.5 Å². The van der Waals surface area contributed by atoms with Crippen molar-refractivity contribution in [2.75, 3.05) is 4.72 Å². The third-order valence-corrected chi connectivity index (χ3v) is 4.29. The van der Waals surface area contributed by atoms with Crippen molar-refractivity contribution in [1.29, 1.82) is 0 Å². The van der Waals surface area contributed by atoms with E-state index in [4.69, 9.17) is 17.3 Å². The predicted octanol–water partition coefficient (Wildman–Crippen LogP) is 2.88. The van der Waals surface area contributed by atoms with Crippen molar-refractivity contribution in [3.05, 3.63) is 64.4 Å². The standard InChI is InChI=1S/C14H14ClFN2O2S/c15-12-5-6-14(13(16)7-12)18-21(19,20)9-11-3-1-10(8-17)2-4-11/h1-7,18H,8-9,17H2. The number of hydrogen-bond donors (Lipinski definition) is 2. The van der Waals surface area contributed by atoms with E-state index in [1.165, 1.54) is 12.1 Å². The molecular weight excluding hydrogens is 315 g/mol. The molecule has 2 aromatic rings. The SMILES string of the molecule is NCc1ccc(CS(=O)(=O)Nc2ccc(Cl)cc2F)cc1. The Hall–Kier alpha value is -1.63. The van der Waals surface area contributed by atoms with Crippen LogP contribution in [0.5, 0.6) is 0 Å². The molecule has 7 heteroatoms. The van der Waals surface area contributed by atoms with Crippen LogP contribution >= 0.6 is 11.6 Å². The molecule has 0 atom stereocenters. The monoisotopic (exact) mass is 328 g/mol. The number of nitrogens with one attached hydrogen (secondary N) is 1. The first kappa shape index (κ1) is 15.8. The zero-order valence-electron chi connectivity index (χ0n) is 11.0. The van der Waals surface area contributed by atoms with Gasteiger partial charge in [0.1, 0.15) is 5.82 Å². The second-order valence-electron chi connectivity index (χ2n) is 4.51. The number of benzene rings is 2. The van der Waals surface area contributed by atoms with Crippen LogP contribution in [0.1, 0.15) is 11.1 Å². The third kappa shape index (κ3) is 4.42. The Kier molecular flexibility index (Phi) is 4.82. The maximum absolute atomic E-state index is 13.6. The Morgan fingerprint density at radius 3 is 2.29 bits per heavy atom. The van der Waals surface area contributed by atoms with Gasteiger partial charge < -0.3 is 5.73 Å². The molecule has 0 spiro atoms. The molecule has 2 aromatic carbocycles. The second kappa shape index (κ2) is 6.43. The minimum Gasteiger partial charge on any atom is -0.326 e. The summed E-state index contributed by atoms with van der Waals surface area (Å²) < 4.78 is 39.8. The third-order valence-electron chi connectivity index (χ3n) is 2.81. The molecule has 112 valence electrons. The molecule has 0 radical (unpaired) electrons. The average Bonchev–Trinajstić information content (AvgIpc) is 2.42. The molecule has 0 saturated carbocycles. The number of rotatable bonds is 5. The molecule has 2 rings (SSSR count). The fourth-order valence-corrected chi connectivity index (χ4v) is 3.13. The Balaban J connectivity index is 2.14. The van der Waals surface area contributed by atoms with E-state index < -0.39 is 15.8 Å². The largest absolute Gasteiger partial charge is 0.326 e. The van der Waals surface area contributed by atoms with Gasteiger partial charge in [-0.25, -0.2) is 12.8 Å². The number of anilines is 1. The van der Waals surface area contributed by atoms with E-state index in [1.54, 1.807) is 24.3 Å². The molecule has 0 fully saturated rings. The highest BCUT2D eigenvalue weighted by molar-refractivity contribution is 7.91. The van der Waals surface area contributed by atoms with Gasteiger partial charge in [-0.2, -0.15) is 0 Å². The summed E-state index contributed by atoms with van der Waals surface area (Å²) in [6.07, 6.45) is 0. The molecule has 3 N–H and O–H groups in total. The Morgan fingerprint density at radius 2 is 1.71 bits per heavy atom. The summed E-state index contributed by atoms with van der Waals surface area (Å²) in [5, 5.41) is 0.202. The smallest absolute Gasteiger partial charge is 0.237 e. The van der Waals surface area contributed by atoms with E-state index in [0.29, 0.717) is 12.1 Å². The molecular formula is C14H14ClFN2O2S. The topological polar surface area (TPSA) is 72.2 Å². The molecule has 0 amide bonds. The quantitative estimate of drug-likeness (QED) is 0.886. The normalized spacial score (nSPS) is 11.4. The number of halogens is 2. The highest BCUT2D eigenvalue weighted by Gasteiger charge is 2.14. The van der Waals surface area contributed by atoms with Crippen LogP contribution in [0.2, 0.25) is 5.02 Å². The lowest BCUT2D eigenvalue weighted by atomic mass is 10.1. The second-order valence-corrected chi connectivity index (χ2v) is 6.66. The molecule has 21 heavy (non-hydrogen) atoms. The van der Waals surface area contributed by atoms with E-state index in [9.17, 15) is 12.8 Å². The van der Waals surface area contributed by atoms with Crippen LogP contribution in [0.25, 0.3) is 0 Å². The van der Waals surface area contributed by atoms with Gasteiger partial charge >= 0.3 is 0 Å². The zero-order valence-corrected chi connectivity index (χ0v) is 12.6. The van der Waals surface area contributed by atoms with Crippen LogP contribution in [-0.2, 0) is 22.3 Å². The Bertz CT molecular complexity index is 733. The summed E-state index contributed by atoms with van der Waals surface area (Å²) in [7, 11) is -3.71. The van der Waals surface area contributed by atoms with Gasteiger partial charge in [0.15, 0.2) is 0 Å². The van der Waals surface area contributed by atoms with Gasteiger partial charge in [-0.15, -0.1) is 0 Å². The van der Waals surface area contributed by atoms with Crippen LogP contribution in [-0.4, -0.2) is 8.42 Å². The van der Waals surface area contributed by atoms with Crippen molar-refractivity contribution >= 4 is 27.3 Å². The van der Waals surface area contributed by atoms with Crippen molar-refractivity contribution in [3.63, 3.8) is 0 Å². The molecule has 0 aliphatic carbocycles. The Morgan fingerprint density at radius 1 is 1.10 bits per heavy atom. The molecule has 4 nitrogen and oxygen atoms in total. The molecule has 0 saturated heterocycles. The van der Waals surface area contributed by atoms with Gasteiger partial charge in [-0.3, -0.25) is 4.72 Å². The fourth-order valence-electron chi connectivity index (χ4n) is 1.77. The number of nitrogens with two attached hydrogens (primary N) is 1. The lowest BCUT2D eigenvalue weighted by Gasteiger charge is -2.09. The average molecular weight is 329 g/mol. The zero-order chi connectivity index (χ0) is 15.5. The van der Waals surface area contributed by atoms with Crippen LogP contribution < -0.4 is 10.5 Å². The van der Waals surface area contributed by atoms with Gasteiger partial charge in [-0.05, 0) is 29.3 Å². The molecule has 0 heterocycles. The van der Waals surface area contributed by atoms with Gasteiger partial charge in [0.05, 0.1) is 11.4 Å². The summed E-state index contributed by atoms with van der Waals surface area (Å²) in [5.74, 6) is -0.968. The summed E-state index contributed by atoms with van der Waals surface area (Å²) in [6, 6.07) is 10.6. The first-order chi connectivity index (χ1) is 9.89. The van der Waals surface area contributed by atoms with Crippen LogP contribution in [0.4, 0.5) is 10.1 Å². The first-order valence-corrected chi connectivity index (χ1v) is 8.16. The summed E-state index contributed by atoms with van der Waals surface area (Å²) in [6.45, 7) is 0.390. The van der Waals surface area contributed by atoms with E-state index in [0.717, 1.165) is 11.6 Å². The van der Waals surface area contributed by atoms with Crippen molar-refractivity contribution in [1.82, 2.24) is 0 Å². The predicted molar refractivity (Wildman–Crippen MR) is 82.0 cm³/mol. The van der Waals surface area contributed by atoms with E-state index in [1.807, 2.05) is 0 Å². The first-order valence-electron chi connectivity index (χ1n) is 6.13. The van der Waals surface area contributed by atoms with E-state index in [2.05, 4.69) is 4.72 Å². The lowest BCUT2D eigenvalue weighted by molar-refractivity contribution is 0.598. The van der Waals surface area contributed by atoms with Crippen LogP contribution in [0, 0.1) is 5.82 Å². The van der Waals surface area contributed by atoms with Crippen molar-refractivity contribution in [2.24, 2.45) is 5.73 Å². The van der Waals surface area contributed by atoms with Crippen molar-refractivity contribution in [3.8, 4) is 0 Å². The minimum absolute atomic E-state index is 0.127.